The molecule has 21 heavy (non-hydrogen) atoms. The highest BCUT2D eigenvalue weighted by molar-refractivity contribution is 5.69. The van der Waals surface area contributed by atoms with Gasteiger partial charge in [0.2, 0.25) is 6.41 Å². The Morgan fingerprint density at radius 3 is 3.00 bits per heavy atom. The Hall–Kier alpha value is -2.24. The van der Waals surface area contributed by atoms with Gasteiger partial charge in [-0.3, -0.25) is 9.59 Å². The molecule has 0 aliphatic carbocycles. The summed E-state index contributed by atoms with van der Waals surface area (Å²) >= 11 is 0. The average molecular weight is 293 g/mol. The third-order valence-electron chi connectivity index (χ3n) is 3.35. The van der Waals surface area contributed by atoms with Crippen LogP contribution in [0, 0.1) is 0 Å². The Morgan fingerprint density at radius 2 is 2.38 bits per heavy atom. The van der Waals surface area contributed by atoms with Gasteiger partial charge in [0.25, 0.3) is 0 Å². The molecule has 1 heterocycles. The van der Waals surface area contributed by atoms with Gasteiger partial charge in [0.15, 0.2) is 0 Å². The maximum atomic E-state index is 11.0. The van der Waals surface area contributed by atoms with E-state index >= 15 is 0 Å². The molecule has 1 aromatic rings. The van der Waals surface area contributed by atoms with Gasteiger partial charge in [0.05, 0.1) is 19.1 Å². The molecule has 2 rings (SSSR count). The fraction of sp³-hybridized carbons (Fsp3) is 0.467. The number of nitrogens with one attached hydrogen (secondary N) is 1. The Kier molecular flexibility index (Phi) is 4.67. The Bertz CT molecular complexity index is 543. The minimum absolute atomic E-state index is 0.0849. The lowest BCUT2D eigenvalue weighted by atomic mass is 9.99. The molecule has 1 amide bonds. The number of hydrogen-bond donors (Lipinski definition) is 2. The topological polar surface area (TPSA) is 84.9 Å². The van der Waals surface area contributed by atoms with E-state index < -0.39 is 12.0 Å². The van der Waals surface area contributed by atoms with Crippen molar-refractivity contribution < 1.29 is 24.2 Å². The number of carboxylic acids is 1. The van der Waals surface area contributed by atoms with Gasteiger partial charge in [-0.15, -0.1) is 0 Å². The van der Waals surface area contributed by atoms with Gasteiger partial charge in [-0.05, 0) is 26.0 Å². The number of amides is 1. The van der Waals surface area contributed by atoms with Gasteiger partial charge in [-0.1, -0.05) is 0 Å². The first-order valence-corrected chi connectivity index (χ1v) is 6.92. The average Bonchev–Trinajstić information content (AvgIpc) is 2.76. The second kappa shape index (κ2) is 6.47. The molecule has 2 N–H and O–H groups in total. The molecular formula is C15H19NO5. The maximum Gasteiger partial charge on any atom is 0.305 e. The summed E-state index contributed by atoms with van der Waals surface area (Å²) in [6.45, 7) is 4.29. The quantitative estimate of drug-likeness (QED) is 0.747. The third-order valence-corrected chi connectivity index (χ3v) is 3.35. The van der Waals surface area contributed by atoms with Crippen LogP contribution < -0.4 is 14.8 Å². The number of hydrogen-bond acceptors (Lipinski definition) is 4. The largest absolute Gasteiger partial charge is 0.494 e. The second-order valence-electron chi connectivity index (χ2n) is 5.00. The van der Waals surface area contributed by atoms with Gasteiger partial charge in [-0.25, -0.2) is 0 Å². The van der Waals surface area contributed by atoms with Gasteiger partial charge in [0, 0.05) is 17.5 Å². The van der Waals surface area contributed by atoms with Crippen LogP contribution in [0.1, 0.15) is 37.4 Å². The Balaban J connectivity index is 2.41. The van der Waals surface area contributed by atoms with Gasteiger partial charge in [-0.2, -0.15) is 0 Å². The fourth-order valence-corrected chi connectivity index (χ4v) is 2.52. The molecule has 6 heteroatoms. The van der Waals surface area contributed by atoms with Gasteiger partial charge < -0.3 is 19.9 Å². The number of fused-ring (bicyclic) bond motifs is 1. The SMILES string of the molecule is CCOc1cc2c(cc1C(CC(=O)O)NC=O)OC(C)C2. The number of carbonyl (C=O) groups excluding carboxylic acids is 1. The first-order chi connectivity index (χ1) is 10.0. The lowest BCUT2D eigenvalue weighted by Gasteiger charge is -2.19. The molecule has 0 saturated carbocycles. The molecule has 2 atom stereocenters. The highest BCUT2D eigenvalue weighted by Crippen LogP contribution is 2.38. The molecule has 0 radical (unpaired) electrons. The van der Waals surface area contributed by atoms with Crippen molar-refractivity contribution in [1.29, 1.82) is 0 Å². The van der Waals surface area contributed by atoms with E-state index in [2.05, 4.69) is 5.32 Å². The van der Waals surface area contributed by atoms with Crippen LogP contribution in [0.3, 0.4) is 0 Å². The molecule has 0 saturated heterocycles. The van der Waals surface area contributed by atoms with Crippen LogP contribution >= 0.6 is 0 Å². The summed E-state index contributed by atoms with van der Waals surface area (Å²) in [5.74, 6) is 0.324. The van der Waals surface area contributed by atoms with Crippen LogP contribution in [0.5, 0.6) is 11.5 Å². The van der Waals surface area contributed by atoms with Crippen molar-refractivity contribution in [3.63, 3.8) is 0 Å². The molecule has 2 unspecified atom stereocenters. The number of carboxylic acid groups (broad SMARTS) is 1. The standard InChI is InChI=1S/C15H19NO5/c1-3-20-14-5-10-4-9(2)21-13(10)6-11(14)12(16-8-17)7-15(18)19/h5-6,8-9,12H,3-4,7H2,1-2H3,(H,16,17)(H,18,19). The van der Waals surface area contributed by atoms with Crippen molar-refractivity contribution in [2.45, 2.75) is 38.8 Å². The monoisotopic (exact) mass is 293 g/mol. The van der Waals surface area contributed by atoms with Crippen molar-refractivity contribution in [2.75, 3.05) is 6.61 Å². The highest BCUT2D eigenvalue weighted by Gasteiger charge is 2.26. The molecule has 1 aliphatic rings. The van der Waals surface area contributed by atoms with Crippen molar-refractivity contribution in [3.05, 3.63) is 23.3 Å². The summed E-state index contributed by atoms with van der Waals surface area (Å²) < 4.78 is 11.3. The number of aliphatic carboxylic acids is 1. The Labute approximate surface area is 123 Å². The number of ether oxygens (including phenoxy) is 2. The highest BCUT2D eigenvalue weighted by atomic mass is 16.5. The van der Waals surface area contributed by atoms with Crippen molar-refractivity contribution in [2.24, 2.45) is 0 Å². The van der Waals surface area contributed by atoms with Crippen molar-refractivity contribution in [3.8, 4) is 11.5 Å². The molecular weight excluding hydrogens is 274 g/mol. The smallest absolute Gasteiger partial charge is 0.305 e. The molecule has 0 fully saturated rings. The lowest BCUT2D eigenvalue weighted by Crippen LogP contribution is -2.23. The van der Waals surface area contributed by atoms with Crippen LogP contribution in [0.4, 0.5) is 0 Å². The minimum atomic E-state index is -0.994. The zero-order chi connectivity index (χ0) is 15.4. The zero-order valence-corrected chi connectivity index (χ0v) is 12.1. The normalized spacial score (nSPS) is 17.5. The number of benzene rings is 1. The van der Waals surface area contributed by atoms with E-state index in [1.54, 1.807) is 6.07 Å². The Morgan fingerprint density at radius 1 is 1.62 bits per heavy atom. The summed E-state index contributed by atoms with van der Waals surface area (Å²) in [4.78, 5) is 21.7. The van der Waals surface area contributed by atoms with Crippen molar-refractivity contribution in [1.82, 2.24) is 5.32 Å². The molecule has 0 bridgehead atoms. The van der Waals surface area contributed by atoms with E-state index in [1.165, 1.54) is 0 Å². The number of carbonyl (C=O) groups is 2. The predicted octanol–water partition coefficient (Wildman–Crippen LogP) is 1.67. The fourth-order valence-electron chi connectivity index (χ4n) is 2.52. The van der Waals surface area contributed by atoms with E-state index in [1.807, 2.05) is 19.9 Å². The predicted molar refractivity (Wildman–Crippen MR) is 75.6 cm³/mol. The molecule has 114 valence electrons. The van der Waals surface area contributed by atoms with E-state index in [0.29, 0.717) is 24.3 Å². The van der Waals surface area contributed by atoms with Crippen LogP contribution in [-0.2, 0) is 16.0 Å². The zero-order valence-electron chi connectivity index (χ0n) is 12.1. The second-order valence-corrected chi connectivity index (χ2v) is 5.00. The summed E-state index contributed by atoms with van der Waals surface area (Å²) in [5.41, 5.74) is 1.66. The maximum absolute atomic E-state index is 11.0. The van der Waals surface area contributed by atoms with E-state index in [0.717, 1.165) is 17.7 Å². The number of rotatable bonds is 7. The van der Waals surface area contributed by atoms with Crippen LogP contribution in [0.15, 0.2) is 12.1 Å². The van der Waals surface area contributed by atoms with Crippen LogP contribution in [0.25, 0.3) is 0 Å². The first-order valence-electron chi connectivity index (χ1n) is 6.92. The molecule has 6 nitrogen and oxygen atoms in total. The summed E-state index contributed by atoms with van der Waals surface area (Å²) in [5, 5.41) is 11.5. The van der Waals surface area contributed by atoms with E-state index in [9.17, 15) is 9.59 Å². The van der Waals surface area contributed by atoms with Gasteiger partial charge >= 0.3 is 5.97 Å². The third kappa shape index (κ3) is 3.45. The molecule has 0 spiro atoms. The van der Waals surface area contributed by atoms with E-state index in [4.69, 9.17) is 14.6 Å². The minimum Gasteiger partial charge on any atom is -0.494 e. The van der Waals surface area contributed by atoms with Gasteiger partial charge in [0.1, 0.15) is 17.6 Å². The summed E-state index contributed by atoms with van der Waals surface area (Å²) in [6, 6.07) is 3.00. The van der Waals surface area contributed by atoms with Crippen LogP contribution in [0.2, 0.25) is 0 Å². The van der Waals surface area contributed by atoms with Crippen LogP contribution in [-0.4, -0.2) is 30.2 Å². The van der Waals surface area contributed by atoms with Crippen molar-refractivity contribution >= 4 is 12.4 Å². The summed E-state index contributed by atoms with van der Waals surface area (Å²) in [6.07, 6.45) is 1.16. The first kappa shape index (κ1) is 15.2. The molecule has 1 aliphatic heterocycles. The molecule has 1 aromatic carbocycles. The molecule has 0 aromatic heterocycles. The summed E-state index contributed by atoms with van der Waals surface area (Å²) in [7, 11) is 0. The lowest BCUT2D eigenvalue weighted by molar-refractivity contribution is -0.137. The van der Waals surface area contributed by atoms with E-state index in [-0.39, 0.29) is 12.5 Å².